The van der Waals surface area contributed by atoms with Gasteiger partial charge in [0.05, 0.1) is 6.04 Å². The highest BCUT2D eigenvalue weighted by Gasteiger charge is 2.30. The Labute approximate surface area is 131 Å². The van der Waals surface area contributed by atoms with Crippen LogP contribution in [0.4, 0.5) is 0 Å². The molecule has 1 aromatic heterocycles. The van der Waals surface area contributed by atoms with Gasteiger partial charge < -0.3 is 9.26 Å². The lowest BCUT2D eigenvalue weighted by Crippen LogP contribution is -2.27. The minimum absolute atomic E-state index is 0.0987. The Kier molecular flexibility index (Phi) is 4.43. The van der Waals surface area contributed by atoms with Gasteiger partial charge >= 0.3 is 0 Å². The fourth-order valence-corrected chi connectivity index (χ4v) is 2.25. The Morgan fingerprint density at radius 3 is 2.73 bits per heavy atom. The summed E-state index contributed by atoms with van der Waals surface area (Å²) < 4.78 is 11.1. The molecule has 1 aliphatic rings. The first-order valence-electron chi connectivity index (χ1n) is 7.86. The summed E-state index contributed by atoms with van der Waals surface area (Å²) in [6, 6.07) is 8.21. The summed E-state index contributed by atoms with van der Waals surface area (Å²) in [5, 5.41) is 4.07. The van der Waals surface area contributed by atoms with Crippen molar-refractivity contribution < 1.29 is 9.26 Å². The average Bonchev–Trinajstić information content (AvgIpc) is 3.26. The van der Waals surface area contributed by atoms with Gasteiger partial charge in [-0.3, -0.25) is 4.90 Å². The highest BCUT2D eigenvalue weighted by Crippen LogP contribution is 2.38. The molecular weight excluding hydrogens is 278 g/mol. The van der Waals surface area contributed by atoms with Crippen LogP contribution in [0, 0.1) is 6.92 Å². The molecular formula is C17H23N3O2. The highest BCUT2D eigenvalue weighted by atomic mass is 16.5. The van der Waals surface area contributed by atoms with Crippen molar-refractivity contribution in [2.75, 3.05) is 20.2 Å². The van der Waals surface area contributed by atoms with Crippen LogP contribution in [0.15, 0.2) is 28.8 Å². The van der Waals surface area contributed by atoms with Gasteiger partial charge in [0.2, 0.25) is 5.89 Å². The van der Waals surface area contributed by atoms with Crippen molar-refractivity contribution in [2.45, 2.75) is 38.6 Å². The molecule has 0 spiro atoms. The van der Waals surface area contributed by atoms with Gasteiger partial charge in [0, 0.05) is 12.5 Å². The van der Waals surface area contributed by atoms with E-state index in [9.17, 15) is 0 Å². The predicted octanol–water partition coefficient (Wildman–Crippen LogP) is 3.33. The molecule has 3 rings (SSSR count). The third-order valence-electron chi connectivity index (χ3n) is 4.15. The minimum Gasteiger partial charge on any atom is -0.492 e. The quantitative estimate of drug-likeness (QED) is 0.785. The molecule has 1 unspecified atom stereocenters. The van der Waals surface area contributed by atoms with Gasteiger partial charge in [0.1, 0.15) is 12.4 Å². The number of benzene rings is 1. The van der Waals surface area contributed by atoms with Gasteiger partial charge in [0.25, 0.3) is 0 Å². The number of hydrogen-bond acceptors (Lipinski definition) is 5. The van der Waals surface area contributed by atoms with E-state index < -0.39 is 0 Å². The van der Waals surface area contributed by atoms with Gasteiger partial charge in [-0.1, -0.05) is 22.9 Å². The maximum absolute atomic E-state index is 5.76. The topological polar surface area (TPSA) is 51.4 Å². The smallest absolute Gasteiger partial charge is 0.243 e. The summed E-state index contributed by atoms with van der Waals surface area (Å²) in [5.41, 5.74) is 1.24. The first-order valence-corrected chi connectivity index (χ1v) is 7.86. The van der Waals surface area contributed by atoms with E-state index in [4.69, 9.17) is 9.26 Å². The van der Waals surface area contributed by atoms with E-state index in [1.165, 1.54) is 18.4 Å². The van der Waals surface area contributed by atoms with Gasteiger partial charge in [-0.25, -0.2) is 0 Å². The van der Waals surface area contributed by atoms with E-state index in [0.29, 0.717) is 18.4 Å². The molecule has 22 heavy (non-hydrogen) atoms. The molecule has 0 radical (unpaired) electrons. The Balaban J connectivity index is 1.47. The Hall–Kier alpha value is -1.88. The van der Waals surface area contributed by atoms with E-state index in [-0.39, 0.29) is 6.04 Å². The van der Waals surface area contributed by atoms with Crippen molar-refractivity contribution in [3.63, 3.8) is 0 Å². The molecule has 1 aliphatic carbocycles. The number of aromatic nitrogens is 2. The molecule has 2 aromatic rings. The second kappa shape index (κ2) is 6.48. The van der Waals surface area contributed by atoms with E-state index >= 15 is 0 Å². The zero-order chi connectivity index (χ0) is 15.5. The van der Waals surface area contributed by atoms with Crippen LogP contribution in [-0.2, 0) is 0 Å². The number of nitrogens with zero attached hydrogens (tertiary/aromatic N) is 3. The van der Waals surface area contributed by atoms with Crippen LogP contribution in [0.1, 0.15) is 49.0 Å². The van der Waals surface area contributed by atoms with E-state index in [1.54, 1.807) is 0 Å². The first kappa shape index (κ1) is 15.0. The minimum atomic E-state index is 0.0987. The summed E-state index contributed by atoms with van der Waals surface area (Å²) in [6.45, 7) is 5.58. The second-order valence-corrected chi connectivity index (χ2v) is 6.08. The Bertz CT molecular complexity index is 605. The monoisotopic (exact) mass is 301 g/mol. The van der Waals surface area contributed by atoms with Crippen molar-refractivity contribution >= 4 is 0 Å². The summed E-state index contributed by atoms with van der Waals surface area (Å²) in [6.07, 6.45) is 2.38. The van der Waals surface area contributed by atoms with Gasteiger partial charge in [0.15, 0.2) is 5.82 Å². The van der Waals surface area contributed by atoms with Crippen LogP contribution in [-0.4, -0.2) is 35.2 Å². The van der Waals surface area contributed by atoms with Crippen LogP contribution < -0.4 is 4.74 Å². The molecule has 0 aliphatic heterocycles. The molecule has 1 atom stereocenters. The van der Waals surface area contributed by atoms with Crippen molar-refractivity contribution in [3.8, 4) is 5.75 Å². The zero-order valence-corrected chi connectivity index (χ0v) is 13.5. The summed E-state index contributed by atoms with van der Waals surface area (Å²) >= 11 is 0. The maximum Gasteiger partial charge on any atom is 0.243 e. The third kappa shape index (κ3) is 3.65. The van der Waals surface area contributed by atoms with Gasteiger partial charge in [-0.2, -0.15) is 4.98 Å². The number of rotatable bonds is 7. The molecule has 118 valence electrons. The Morgan fingerprint density at radius 1 is 1.32 bits per heavy atom. The summed E-state index contributed by atoms with van der Waals surface area (Å²) in [5.74, 6) is 2.99. The van der Waals surface area contributed by atoms with Crippen molar-refractivity contribution in [1.29, 1.82) is 0 Å². The number of ether oxygens (including phenoxy) is 1. The number of hydrogen-bond donors (Lipinski definition) is 0. The van der Waals surface area contributed by atoms with Crippen LogP contribution in [0.2, 0.25) is 0 Å². The molecule has 0 amide bonds. The van der Waals surface area contributed by atoms with Crippen LogP contribution in [0.3, 0.4) is 0 Å². The average molecular weight is 301 g/mol. The van der Waals surface area contributed by atoms with Crippen LogP contribution >= 0.6 is 0 Å². The molecule has 1 aromatic carbocycles. The molecule has 1 saturated carbocycles. The molecule has 0 saturated heterocycles. The molecule has 0 bridgehead atoms. The lowest BCUT2D eigenvalue weighted by atomic mass is 10.2. The zero-order valence-electron chi connectivity index (χ0n) is 13.5. The van der Waals surface area contributed by atoms with E-state index in [1.807, 2.05) is 19.2 Å². The van der Waals surface area contributed by atoms with E-state index in [2.05, 4.69) is 41.0 Å². The Morgan fingerprint density at radius 2 is 2.05 bits per heavy atom. The lowest BCUT2D eigenvalue weighted by molar-refractivity contribution is 0.174. The largest absolute Gasteiger partial charge is 0.492 e. The van der Waals surface area contributed by atoms with Crippen molar-refractivity contribution in [1.82, 2.24) is 15.0 Å². The summed E-state index contributed by atoms with van der Waals surface area (Å²) in [7, 11) is 2.05. The van der Waals surface area contributed by atoms with Gasteiger partial charge in [-0.15, -0.1) is 0 Å². The molecule has 0 N–H and O–H groups in total. The molecule has 5 heteroatoms. The third-order valence-corrected chi connectivity index (χ3v) is 4.15. The molecule has 5 nitrogen and oxygen atoms in total. The standard InChI is InChI=1S/C17H23N3O2/c1-12-4-8-15(9-5-12)21-11-10-20(3)13(2)17-18-16(19-22-17)14-6-7-14/h4-5,8-9,13-14H,6-7,10-11H2,1-3H3. The first-order chi connectivity index (χ1) is 10.6. The van der Waals surface area contributed by atoms with Crippen molar-refractivity contribution in [3.05, 3.63) is 41.5 Å². The van der Waals surface area contributed by atoms with Crippen LogP contribution in [0.25, 0.3) is 0 Å². The van der Waals surface area contributed by atoms with Crippen LogP contribution in [0.5, 0.6) is 5.75 Å². The predicted molar refractivity (Wildman–Crippen MR) is 84.0 cm³/mol. The lowest BCUT2D eigenvalue weighted by Gasteiger charge is -2.21. The fraction of sp³-hybridized carbons (Fsp3) is 0.529. The normalized spacial score (nSPS) is 16.0. The fourth-order valence-electron chi connectivity index (χ4n) is 2.25. The molecule has 1 heterocycles. The second-order valence-electron chi connectivity index (χ2n) is 6.08. The van der Waals surface area contributed by atoms with Crippen molar-refractivity contribution in [2.24, 2.45) is 0 Å². The molecule has 1 fully saturated rings. The number of aryl methyl sites for hydroxylation is 1. The van der Waals surface area contributed by atoms with Gasteiger partial charge in [-0.05, 0) is 45.9 Å². The number of likely N-dealkylation sites (N-methyl/N-ethyl adjacent to an activating group) is 1. The highest BCUT2D eigenvalue weighted by molar-refractivity contribution is 5.26. The van der Waals surface area contributed by atoms with E-state index in [0.717, 1.165) is 18.1 Å². The summed E-state index contributed by atoms with van der Waals surface area (Å²) in [4.78, 5) is 6.67. The SMILES string of the molecule is Cc1ccc(OCCN(C)C(C)c2nc(C3CC3)no2)cc1. The maximum atomic E-state index is 5.76.